The normalized spacial score (nSPS) is 12.6. The standard InChI is InChI=1S/C17H28N2O/c1-11(2)19-17(20)7-8-18-15(6)16-10-13(4)12(3)9-14(16)5/h9-11,15,18H,7-8H2,1-6H3,(H,19,20). The van der Waals surface area contributed by atoms with Gasteiger partial charge in [0, 0.05) is 25.0 Å². The average molecular weight is 276 g/mol. The Bertz CT molecular complexity index is 466. The first kappa shape index (κ1) is 16.7. The summed E-state index contributed by atoms with van der Waals surface area (Å²) in [4.78, 5) is 11.6. The van der Waals surface area contributed by atoms with Gasteiger partial charge >= 0.3 is 0 Å². The summed E-state index contributed by atoms with van der Waals surface area (Å²) in [6.07, 6.45) is 0.520. The minimum Gasteiger partial charge on any atom is -0.354 e. The molecular formula is C17H28N2O. The Morgan fingerprint density at radius 2 is 1.65 bits per heavy atom. The largest absolute Gasteiger partial charge is 0.354 e. The van der Waals surface area contributed by atoms with Gasteiger partial charge in [0.05, 0.1) is 0 Å². The lowest BCUT2D eigenvalue weighted by Crippen LogP contribution is -2.33. The van der Waals surface area contributed by atoms with E-state index in [9.17, 15) is 4.79 Å². The van der Waals surface area contributed by atoms with Crippen LogP contribution < -0.4 is 10.6 Å². The monoisotopic (exact) mass is 276 g/mol. The molecule has 1 aromatic rings. The Hall–Kier alpha value is -1.35. The number of nitrogens with one attached hydrogen (secondary N) is 2. The number of amides is 1. The highest BCUT2D eigenvalue weighted by Crippen LogP contribution is 2.21. The van der Waals surface area contributed by atoms with Crippen molar-refractivity contribution in [1.82, 2.24) is 10.6 Å². The summed E-state index contributed by atoms with van der Waals surface area (Å²) in [5, 5.41) is 6.34. The van der Waals surface area contributed by atoms with Crippen LogP contribution in [0.2, 0.25) is 0 Å². The highest BCUT2D eigenvalue weighted by Gasteiger charge is 2.10. The maximum atomic E-state index is 11.6. The van der Waals surface area contributed by atoms with Crippen LogP contribution >= 0.6 is 0 Å². The second kappa shape index (κ2) is 7.44. The van der Waals surface area contributed by atoms with Crippen LogP contribution in [0.4, 0.5) is 0 Å². The number of benzene rings is 1. The van der Waals surface area contributed by atoms with Gasteiger partial charge in [-0.1, -0.05) is 12.1 Å². The number of carbonyl (C=O) groups excluding carboxylic acids is 1. The molecule has 2 N–H and O–H groups in total. The van der Waals surface area contributed by atoms with E-state index in [2.05, 4.69) is 50.5 Å². The van der Waals surface area contributed by atoms with Crippen molar-refractivity contribution in [3.05, 3.63) is 34.4 Å². The summed E-state index contributed by atoms with van der Waals surface area (Å²) in [5.74, 6) is 0.108. The topological polar surface area (TPSA) is 41.1 Å². The average Bonchev–Trinajstić information content (AvgIpc) is 2.32. The molecule has 0 spiro atoms. The fourth-order valence-corrected chi connectivity index (χ4v) is 2.36. The summed E-state index contributed by atoms with van der Waals surface area (Å²) in [6, 6.07) is 4.95. The van der Waals surface area contributed by atoms with Crippen molar-refractivity contribution in [2.45, 2.75) is 60.0 Å². The van der Waals surface area contributed by atoms with Crippen molar-refractivity contribution in [1.29, 1.82) is 0 Å². The Morgan fingerprint density at radius 1 is 1.05 bits per heavy atom. The van der Waals surface area contributed by atoms with Crippen LogP contribution in [0.1, 0.15) is 55.5 Å². The van der Waals surface area contributed by atoms with E-state index >= 15 is 0 Å². The molecule has 3 nitrogen and oxygen atoms in total. The van der Waals surface area contributed by atoms with E-state index in [1.165, 1.54) is 22.3 Å². The zero-order valence-corrected chi connectivity index (χ0v) is 13.6. The fraction of sp³-hybridized carbons (Fsp3) is 0.588. The minimum atomic E-state index is 0.108. The van der Waals surface area contributed by atoms with Crippen molar-refractivity contribution < 1.29 is 4.79 Å². The molecular weight excluding hydrogens is 248 g/mol. The van der Waals surface area contributed by atoms with Crippen LogP contribution in [0.5, 0.6) is 0 Å². The number of aryl methyl sites for hydroxylation is 3. The van der Waals surface area contributed by atoms with Gasteiger partial charge in [0.25, 0.3) is 0 Å². The maximum Gasteiger partial charge on any atom is 0.221 e. The second-order valence-electron chi connectivity index (χ2n) is 5.94. The van der Waals surface area contributed by atoms with Gasteiger partial charge in [-0.15, -0.1) is 0 Å². The molecule has 0 heterocycles. The predicted octanol–water partition coefficient (Wildman–Crippen LogP) is 3.18. The molecule has 0 saturated carbocycles. The van der Waals surface area contributed by atoms with Gasteiger partial charge in [-0.25, -0.2) is 0 Å². The molecule has 0 aliphatic rings. The van der Waals surface area contributed by atoms with Gasteiger partial charge in [0.2, 0.25) is 5.91 Å². The second-order valence-corrected chi connectivity index (χ2v) is 5.94. The first-order chi connectivity index (χ1) is 9.31. The molecule has 3 heteroatoms. The lowest BCUT2D eigenvalue weighted by molar-refractivity contribution is -0.121. The van der Waals surface area contributed by atoms with E-state index in [0.29, 0.717) is 13.0 Å². The van der Waals surface area contributed by atoms with Crippen LogP contribution in [0, 0.1) is 20.8 Å². The molecule has 0 radical (unpaired) electrons. The molecule has 0 saturated heterocycles. The van der Waals surface area contributed by atoms with E-state index in [4.69, 9.17) is 0 Å². The Morgan fingerprint density at radius 3 is 2.25 bits per heavy atom. The number of hydrogen-bond acceptors (Lipinski definition) is 2. The van der Waals surface area contributed by atoms with Gasteiger partial charge in [0.15, 0.2) is 0 Å². The third-order valence-electron chi connectivity index (χ3n) is 3.60. The van der Waals surface area contributed by atoms with Gasteiger partial charge in [-0.05, 0) is 63.8 Å². The SMILES string of the molecule is Cc1cc(C)c(C(C)NCCC(=O)NC(C)C)cc1C. The molecule has 1 unspecified atom stereocenters. The fourth-order valence-electron chi connectivity index (χ4n) is 2.36. The third-order valence-corrected chi connectivity index (χ3v) is 3.60. The van der Waals surface area contributed by atoms with E-state index < -0.39 is 0 Å². The summed E-state index contributed by atoms with van der Waals surface area (Å²) in [7, 11) is 0. The summed E-state index contributed by atoms with van der Waals surface area (Å²) in [5.41, 5.74) is 5.27. The van der Waals surface area contributed by atoms with Gasteiger partial charge in [-0.2, -0.15) is 0 Å². The Balaban J connectivity index is 2.53. The first-order valence-corrected chi connectivity index (χ1v) is 7.41. The van der Waals surface area contributed by atoms with E-state index in [-0.39, 0.29) is 18.0 Å². The highest BCUT2D eigenvalue weighted by molar-refractivity contribution is 5.76. The summed E-state index contributed by atoms with van der Waals surface area (Å²) >= 11 is 0. The van der Waals surface area contributed by atoms with Crippen molar-refractivity contribution >= 4 is 5.91 Å². The van der Waals surface area contributed by atoms with Gasteiger partial charge < -0.3 is 10.6 Å². The molecule has 0 fully saturated rings. The highest BCUT2D eigenvalue weighted by atomic mass is 16.1. The molecule has 1 atom stereocenters. The minimum absolute atomic E-state index is 0.108. The molecule has 1 rings (SSSR count). The molecule has 0 aliphatic heterocycles. The lowest BCUT2D eigenvalue weighted by atomic mass is 9.96. The molecule has 0 aliphatic carbocycles. The Kier molecular flexibility index (Phi) is 6.21. The molecule has 0 bridgehead atoms. The van der Waals surface area contributed by atoms with Gasteiger partial charge in [0.1, 0.15) is 0 Å². The summed E-state index contributed by atoms with van der Waals surface area (Å²) < 4.78 is 0. The molecule has 112 valence electrons. The molecule has 1 amide bonds. The van der Waals surface area contributed by atoms with Crippen molar-refractivity contribution in [2.75, 3.05) is 6.54 Å². The first-order valence-electron chi connectivity index (χ1n) is 7.41. The lowest BCUT2D eigenvalue weighted by Gasteiger charge is -2.18. The van der Waals surface area contributed by atoms with E-state index in [0.717, 1.165) is 0 Å². The maximum absolute atomic E-state index is 11.6. The molecule has 0 aromatic heterocycles. The van der Waals surface area contributed by atoms with Gasteiger partial charge in [-0.3, -0.25) is 4.79 Å². The van der Waals surface area contributed by atoms with E-state index in [1.807, 2.05) is 13.8 Å². The predicted molar refractivity (Wildman–Crippen MR) is 85.0 cm³/mol. The van der Waals surface area contributed by atoms with Crippen molar-refractivity contribution in [3.63, 3.8) is 0 Å². The quantitative estimate of drug-likeness (QED) is 0.838. The van der Waals surface area contributed by atoms with Crippen LogP contribution in [-0.2, 0) is 4.79 Å². The summed E-state index contributed by atoms with van der Waals surface area (Å²) in [6.45, 7) is 13.2. The van der Waals surface area contributed by atoms with Crippen LogP contribution in [0.15, 0.2) is 12.1 Å². The molecule has 20 heavy (non-hydrogen) atoms. The number of rotatable bonds is 6. The number of carbonyl (C=O) groups is 1. The van der Waals surface area contributed by atoms with Crippen LogP contribution in [-0.4, -0.2) is 18.5 Å². The van der Waals surface area contributed by atoms with Crippen molar-refractivity contribution in [3.8, 4) is 0 Å². The zero-order chi connectivity index (χ0) is 15.3. The van der Waals surface area contributed by atoms with E-state index in [1.54, 1.807) is 0 Å². The third kappa shape index (κ3) is 4.97. The molecule has 1 aromatic carbocycles. The zero-order valence-electron chi connectivity index (χ0n) is 13.6. The number of hydrogen-bond donors (Lipinski definition) is 2. The Labute approximate surface area is 123 Å². The van der Waals surface area contributed by atoms with Crippen LogP contribution in [0.25, 0.3) is 0 Å². The van der Waals surface area contributed by atoms with Crippen molar-refractivity contribution in [2.24, 2.45) is 0 Å². The van der Waals surface area contributed by atoms with Crippen LogP contribution in [0.3, 0.4) is 0 Å². The smallest absolute Gasteiger partial charge is 0.221 e.